The number of hydrogen-bond acceptors (Lipinski definition) is 3. The third kappa shape index (κ3) is 4.75. The number of methoxy groups -OCH3 is 1. The highest BCUT2D eigenvalue weighted by molar-refractivity contribution is 5.28. The quantitative estimate of drug-likeness (QED) is 0.790. The molecule has 3 nitrogen and oxygen atoms in total. The van der Waals surface area contributed by atoms with Crippen molar-refractivity contribution in [3.63, 3.8) is 0 Å². The van der Waals surface area contributed by atoms with Crippen molar-refractivity contribution >= 4 is 0 Å². The van der Waals surface area contributed by atoms with Gasteiger partial charge in [0.25, 0.3) is 0 Å². The predicted octanol–water partition coefficient (Wildman–Crippen LogP) is 2.60. The maximum absolute atomic E-state index is 5.47. The van der Waals surface area contributed by atoms with Gasteiger partial charge in [-0.1, -0.05) is 12.1 Å². The van der Waals surface area contributed by atoms with E-state index in [1.807, 2.05) is 19.1 Å². The first-order valence-corrected chi connectivity index (χ1v) is 6.15. The van der Waals surface area contributed by atoms with Crippen molar-refractivity contribution < 1.29 is 9.47 Å². The summed E-state index contributed by atoms with van der Waals surface area (Å²) < 4.78 is 10.7. The van der Waals surface area contributed by atoms with Crippen LogP contribution in [0.25, 0.3) is 0 Å². The molecule has 1 N–H and O–H groups in total. The lowest BCUT2D eigenvalue weighted by atomic mass is 10.1. The van der Waals surface area contributed by atoms with Crippen molar-refractivity contribution in [2.75, 3.05) is 13.7 Å². The van der Waals surface area contributed by atoms with Gasteiger partial charge in [0, 0.05) is 19.7 Å². The van der Waals surface area contributed by atoms with Crippen LogP contribution in [0.5, 0.6) is 5.75 Å². The largest absolute Gasteiger partial charge is 0.494 e. The van der Waals surface area contributed by atoms with Crippen LogP contribution < -0.4 is 10.1 Å². The third-order valence-electron chi connectivity index (χ3n) is 2.91. The minimum absolute atomic E-state index is 0.213. The lowest BCUT2D eigenvalue weighted by Crippen LogP contribution is -2.36. The molecule has 0 saturated carbocycles. The van der Waals surface area contributed by atoms with E-state index in [-0.39, 0.29) is 6.10 Å². The van der Waals surface area contributed by atoms with Crippen LogP contribution in [0.4, 0.5) is 0 Å². The molecule has 1 rings (SSSR count). The van der Waals surface area contributed by atoms with E-state index in [1.165, 1.54) is 5.56 Å². The second-order valence-electron chi connectivity index (χ2n) is 4.19. The lowest BCUT2D eigenvalue weighted by Gasteiger charge is -2.20. The van der Waals surface area contributed by atoms with E-state index in [2.05, 4.69) is 31.3 Å². The summed E-state index contributed by atoms with van der Waals surface area (Å²) in [6.45, 7) is 7.71. The van der Waals surface area contributed by atoms with Gasteiger partial charge in [0.05, 0.1) is 12.7 Å². The van der Waals surface area contributed by atoms with Crippen molar-refractivity contribution in [2.24, 2.45) is 0 Å². The van der Waals surface area contributed by atoms with E-state index in [4.69, 9.17) is 9.47 Å². The van der Waals surface area contributed by atoms with Crippen LogP contribution in [0.1, 0.15) is 26.3 Å². The van der Waals surface area contributed by atoms with Gasteiger partial charge in [-0.25, -0.2) is 0 Å². The molecule has 0 spiro atoms. The monoisotopic (exact) mass is 237 g/mol. The number of benzene rings is 1. The molecule has 0 aromatic heterocycles. The lowest BCUT2D eigenvalue weighted by molar-refractivity contribution is 0.0882. The normalized spacial score (nSPS) is 14.4. The summed E-state index contributed by atoms with van der Waals surface area (Å²) in [6.07, 6.45) is 0.213. The molecule has 0 saturated heterocycles. The first kappa shape index (κ1) is 14.0. The highest BCUT2D eigenvalue weighted by Gasteiger charge is 2.09. The standard InChI is InChI=1S/C14H23NO2/c1-5-17-14-8-6-7-13(9-14)10-15-11(2)12(3)16-4/h6-9,11-12,15H,5,10H2,1-4H3. The number of hydrogen-bond donors (Lipinski definition) is 1. The zero-order valence-corrected chi connectivity index (χ0v) is 11.2. The molecule has 2 unspecified atom stereocenters. The van der Waals surface area contributed by atoms with Crippen LogP contribution in [0.2, 0.25) is 0 Å². The second-order valence-corrected chi connectivity index (χ2v) is 4.19. The smallest absolute Gasteiger partial charge is 0.119 e. The molecule has 3 heteroatoms. The average Bonchev–Trinajstić information content (AvgIpc) is 2.36. The first-order chi connectivity index (χ1) is 8.17. The Morgan fingerprint density at radius 3 is 2.71 bits per heavy atom. The van der Waals surface area contributed by atoms with Gasteiger partial charge in [0.1, 0.15) is 5.75 Å². The van der Waals surface area contributed by atoms with Crippen molar-refractivity contribution in [3.05, 3.63) is 29.8 Å². The number of nitrogens with one attached hydrogen (secondary N) is 1. The van der Waals surface area contributed by atoms with Crippen molar-refractivity contribution in [1.29, 1.82) is 0 Å². The molecule has 1 aromatic rings. The summed E-state index contributed by atoms with van der Waals surface area (Å²) in [7, 11) is 1.73. The predicted molar refractivity (Wildman–Crippen MR) is 70.4 cm³/mol. The highest BCUT2D eigenvalue weighted by Crippen LogP contribution is 2.13. The van der Waals surface area contributed by atoms with Crippen LogP contribution in [0.3, 0.4) is 0 Å². The molecule has 0 aliphatic rings. The Labute approximate surface area is 104 Å². The van der Waals surface area contributed by atoms with Crippen LogP contribution in [0.15, 0.2) is 24.3 Å². The Hall–Kier alpha value is -1.06. The van der Waals surface area contributed by atoms with Gasteiger partial charge < -0.3 is 14.8 Å². The maximum Gasteiger partial charge on any atom is 0.119 e. The highest BCUT2D eigenvalue weighted by atomic mass is 16.5. The summed E-state index contributed by atoms with van der Waals surface area (Å²) in [4.78, 5) is 0. The fraction of sp³-hybridized carbons (Fsp3) is 0.571. The summed E-state index contributed by atoms with van der Waals surface area (Å²) >= 11 is 0. The molecule has 0 aliphatic heterocycles. The minimum atomic E-state index is 0.213. The van der Waals surface area contributed by atoms with Gasteiger partial charge in [0.15, 0.2) is 0 Å². The van der Waals surface area contributed by atoms with Crippen molar-refractivity contribution in [1.82, 2.24) is 5.32 Å². The molecule has 0 aliphatic carbocycles. The molecule has 0 heterocycles. The fourth-order valence-electron chi connectivity index (χ4n) is 1.56. The van der Waals surface area contributed by atoms with E-state index in [1.54, 1.807) is 7.11 Å². The molecule has 1 aromatic carbocycles. The first-order valence-electron chi connectivity index (χ1n) is 6.15. The Bertz CT molecular complexity index is 328. The second kappa shape index (κ2) is 7.30. The molecular weight excluding hydrogens is 214 g/mol. The van der Waals surface area contributed by atoms with E-state index >= 15 is 0 Å². The van der Waals surface area contributed by atoms with Gasteiger partial charge >= 0.3 is 0 Å². The van der Waals surface area contributed by atoms with Crippen molar-refractivity contribution in [3.8, 4) is 5.75 Å². The zero-order valence-electron chi connectivity index (χ0n) is 11.2. The molecule has 0 radical (unpaired) electrons. The molecule has 0 bridgehead atoms. The SMILES string of the molecule is CCOc1cccc(CNC(C)C(C)OC)c1. The Morgan fingerprint density at radius 1 is 1.29 bits per heavy atom. The average molecular weight is 237 g/mol. The number of ether oxygens (including phenoxy) is 2. The van der Waals surface area contributed by atoms with Gasteiger partial charge in [-0.2, -0.15) is 0 Å². The molecular formula is C14H23NO2. The minimum Gasteiger partial charge on any atom is -0.494 e. The summed E-state index contributed by atoms with van der Waals surface area (Å²) in [5, 5.41) is 3.44. The number of rotatable bonds is 7. The molecule has 0 amide bonds. The van der Waals surface area contributed by atoms with Crippen molar-refractivity contribution in [2.45, 2.75) is 39.5 Å². The summed E-state index contributed by atoms with van der Waals surface area (Å²) in [5.41, 5.74) is 1.23. The fourth-order valence-corrected chi connectivity index (χ4v) is 1.56. The van der Waals surface area contributed by atoms with E-state index in [9.17, 15) is 0 Å². The van der Waals surface area contributed by atoms with E-state index < -0.39 is 0 Å². The maximum atomic E-state index is 5.47. The molecule has 96 valence electrons. The van der Waals surface area contributed by atoms with Crippen LogP contribution >= 0.6 is 0 Å². The Balaban J connectivity index is 2.48. The molecule has 2 atom stereocenters. The van der Waals surface area contributed by atoms with Crippen LogP contribution in [0, 0.1) is 0 Å². The molecule has 0 fully saturated rings. The summed E-state index contributed by atoms with van der Waals surface area (Å²) in [6, 6.07) is 8.50. The zero-order chi connectivity index (χ0) is 12.7. The Kier molecular flexibility index (Phi) is 6.01. The summed E-state index contributed by atoms with van der Waals surface area (Å²) in [5.74, 6) is 0.930. The van der Waals surface area contributed by atoms with Crippen LogP contribution in [-0.2, 0) is 11.3 Å². The van der Waals surface area contributed by atoms with Crippen LogP contribution in [-0.4, -0.2) is 25.9 Å². The van der Waals surface area contributed by atoms with Gasteiger partial charge in [-0.15, -0.1) is 0 Å². The molecule has 17 heavy (non-hydrogen) atoms. The van der Waals surface area contributed by atoms with E-state index in [0.29, 0.717) is 12.6 Å². The third-order valence-corrected chi connectivity index (χ3v) is 2.91. The van der Waals surface area contributed by atoms with Gasteiger partial charge in [-0.3, -0.25) is 0 Å². The van der Waals surface area contributed by atoms with Gasteiger partial charge in [0.2, 0.25) is 0 Å². The Morgan fingerprint density at radius 2 is 2.06 bits per heavy atom. The van der Waals surface area contributed by atoms with E-state index in [0.717, 1.165) is 12.3 Å². The van der Waals surface area contributed by atoms with Gasteiger partial charge in [-0.05, 0) is 38.5 Å². The topological polar surface area (TPSA) is 30.5 Å².